The number of H-pyrrole nitrogens is 1. The topological polar surface area (TPSA) is 91.2 Å². The van der Waals surface area contributed by atoms with Gasteiger partial charge in [-0.1, -0.05) is 24.3 Å². The van der Waals surface area contributed by atoms with Gasteiger partial charge in [-0.05, 0) is 55.7 Å². The first-order valence-electron chi connectivity index (χ1n) is 10.8. The SMILES string of the molecule is CC(C)(N)C(=O)N[C@H](Cc1c[nH]c2ccccc12)C(=O)N1CCC(c2cccs2)CC1. The molecule has 4 rings (SSSR count). The fourth-order valence-corrected chi connectivity index (χ4v) is 5.09. The van der Waals surface area contributed by atoms with Crippen LogP contribution in [0.2, 0.25) is 0 Å². The van der Waals surface area contributed by atoms with E-state index in [9.17, 15) is 9.59 Å². The largest absolute Gasteiger partial charge is 0.361 e. The van der Waals surface area contributed by atoms with Gasteiger partial charge in [-0.15, -0.1) is 11.3 Å². The van der Waals surface area contributed by atoms with Crippen LogP contribution in [0, 0.1) is 0 Å². The Morgan fingerprint density at radius 2 is 1.97 bits per heavy atom. The summed E-state index contributed by atoms with van der Waals surface area (Å²) in [5.41, 5.74) is 6.98. The third kappa shape index (κ3) is 4.83. The molecule has 3 heterocycles. The molecule has 1 atom stereocenters. The predicted molar refractivity (Wildman–Crippen MR) is 125 cm³/mol. The number of benzene rings is 1. The maximum atomic E-state index is 13.5. The lowest BCUT2D eigenvalue weighted by molar-refractivity contribution is -0.138. The van der Waals surface area contributed by atoms with Crippen LogP contribution in [0.4, 0.5) is 0 Å². The zero-order chi connectivity index (χ0) is 22.0. The molecule has 1 aromatic carbocycles. The van der Waals surface area contributed by atoms with E-state index >= 15 is 0 Å². The highest BCUT2D eigenvalue weighted by Crippen LogP contribution is 2.31. The van der Waals surface area contributed by atoms with E-state index in [2.05, 4.69) is 27.8 Å². The molecule has 164 valence electrons. The molecule has 3 aromatic rings. The Balaban J connectivity index is 1.51. The van der Waals surface area contributed by atoms with E-state index < -0.39 is 11.6 Å². The highest BCUT2D eigenvalue weighted by Gasteiger charge is 2.33. The van der Waals surface area contributed by atoms with Crippen molar-refractivity contribution < 1.29 is 9.59 Å². The molecule has 4 N–H and O–H groups in total. The zero-order valence-electron chi connectivity index (χ0n) is 18.1. The van der Waals surface area contributed by atoms with Crippen LogP contribution >= 0.6 is 11.3 Å². The highest BCUT2D eigenvalue weighted by atomic mass is 32.1. The van der Waals surface area contributed by atoms with Gasteiger partial charge < -0.3 is 20.9 Å². The van der Waals surface area contributed by atoms with Crippen LogP contribution in [0.3, 0.4) is 0 Å². The summed E-state index contributed by atoms with van der Waals surface area (Å²) in [5, 5.41) is 6.10. The second-order valence-electron chi connectivity index (χ2n) is 8.93. The van der Waals surface area contributed by atoms with Crippen molar-refractivity contribution in [1.82, 2.24) is 15.2 Å². The summed E-state index contributed by atoms with van der Waals surface area (Å²) < 4.78 is 0. The Hall–Kier alpha value is -2.64. The van der Waals surface area contributed by atoms with Gasteiger partial charge in [0.2, 0.25) is 11.8 Å². The molecule has 2 aromatic heterocycles. The van der Waals surface area contributed by atoms with Crippen molar-refractivity contribution >= 4 is 34.1 Å². The second-order valence-corrected chi connectivity index (χ2v) is 9.91. The van der Waals surface area contributed by atoms with Crippen LogP contribution in [0.15, 0.2) is 48.0 Å². The molecule has 2 amide bonds. The number of aromatic amines is 1. The fraction of sp³-hybridized carbons (Fsp3) is 0.417. The molecule has 31 heavy (non-hydrogen) atoms. The van der Waals surface area contributed by atoms with Crippen molar-refractivity contribution in [2.24, 2.45) is 5.73 Å². The van der Waals surface area contributed by atoms with Crippen LogP contribution in [-0.2, 0) is 16.0 Å². The lowest BCUT2D eigenvalue weighted by Gasteiger charge is -2.35. The third-order valence-electron chi connectivity index (χ3n) is 6.04. The van der Waals surface area contributed by atoms with Crippen LogP contribution in [0.1, 0.15) is 43.0 Å². The van der Waals surface area contributed by atoms with E-state index in [0.717, 1.165) is 29.3 Å². The number of carbonyl (C=O) groups is 2. The molecule has 1 aliphatic heterocycles. The molecule has 1 aliphatic rings. The van der Waals surface area contributed by atoms with E-state index in [4.69, 9.17) is 5.73 Å². The van der Waals surface area contributed by atoms with Gasteiger partial charge in [0.15, 0.2) is 0 Å². The number of amides is 2. The monoisotopic (exact) mass is 438 g/mol. The lowest BCUT2D eigenvalue weighted by atomic mass is 9.94. The normalized spacial score (nSPS) is 16.4. The summed E-state index contributed by atoms with van der Waals surface area (Å²) in [6.45, 7) is 4.71. The van der Waals surface area contributed by atoms with Gasteiger partial charge in [0, 0.05) is 41.5 Å². The maximum absolute atomic E-state index is 13.5. The van der Waals surface area contributed by atoms with Crippen molar-refractivity contribution in [2.45, 2.75) is 50.6 Å². The molecule has 0 aliphatic carbocycles. The van der Waals surface area contributed by atoms with Gasteiger partial charge in [0.05, 0.1) is 5.54 Å². The first kappa shape index (κ1) is 21.6. The summed E-state index contributed by atoms with van der Waals surface area (Å²) in [4.78, 5) is 32.7. The summed E-state index contributed by atoms with van der Waals surface area (Å²) in [6.07, 6.45) is 4.24. The van der Waals surface area contributed by atoms with Crippen LogP contribution < -0.4 is 11.1 Å². The molecular formula is C24H30N4O2S. The van der Waals surface area contributed by atoms with Crippen molar-refractivity contribution in [2.75, 3.05) is 13.1 Å². The second kappa shape index (κ2) is 8.85. The number of hydrogen-bond donors (Lipinski definition) is 3. The van der Waals surface area contributed by atoms with Gasteiger partial charge in [-0.2, -0.15) is 0 Å². The minimum absolute atomic E-state index is 0.0347. The number of nitrogens with two attached hydrogens (primary N) is 1. The number of nitrogens with zero attached hydrogens (tertiary/aromatic N) is 1. The molecular weight excluding hydrogens is 408 g/mol. The smallest absolute Gasteiger partial charge is 0.245 e. The van der Waals surface area contributed by atoms with E-state index in [1.165, 1.54) is 4.88 Å². The molecule has 0 radical (unpaired) electrons. The van der Waals surface area contributed by atoms with Crippen molar-refractivity contribution in [1.29, 1.82) is 0 Å². The van der Waals surface area contributed by atoms with Crippen LogP contribution in [0.5, 0.6) is 0 Å². The zero-order valence-corrected chi connectivity index (χ0v) is 18.9. The number of likely N-dealkylation sites (tertiary alicyclic amines) is 1. The van der Waals surface area contributed by atoms with Gasteiger partial charge in [-0.25, -0.2) is 0 Å². The molecule has 0 unspecified atom stereocenters. The molecule has 0 spiro atoms. The van der Waals surface area contributed by atoms with E-state index in [1.807, 2.05) is 35.4 Å². The number of carbonyl (C=O) groups excluding carboxylic acids is 2. The fourth-order valence-electron chi connectivity index (χ4n) is 4.19. The molecule has 0 saturated carbocycles. The molecule has 1 saturated heterocycles. The summed E-state index contributed by atoms with van der Waals surface area (Å²) in [7, 11) is 0. The molecule has 6 nitrogen and oxygen atoms in total. The highest BCUT2D eigenvalue weighted by molar-refractivity contribution is 7.10. The summed E-state index contributed by atoms with van der Waals surface area (Å²) >= 11 is 1.78. The van der Waals surface area contributed by atoms with Crippen LogP contribution in [-0.4, -0.2) is 46.4 Å². The van der Waals surface area contributed by atoms with Gasteiger partial charge >= 0.3 is 0 Å². The van der Waals surface area contributed by atoms with Gasteiger partial charge in [-0.3, -0.25) is 9.59 Å². The quantitative estimate of drug-likeness (QED) is 0.551. The summed E-state index contributed by atoms with van der Waals surface area (Å²) in [6, 6.07) is 11.6. The first-order chi connectivity index (χ1) is 14.8. The minimum Gasteiger partial charge on any atom is -0.361 e. The van der Waals surface area contributed by atoms with Crippen molar-refractivity contribution in [3.63, 3.8) is 0 Å². The van der Waals surface area contributed by atoms with Crippen molar-refractivity contribution in [3.8, 4) is 0 Å². The van der Waals surface area contributed by atoms with E-state index in [-0.39, 0.29) is 11.8 Å². The van der Waals surface area contributed by atoms with Crippen LogP contribution in [0.25, 0.3) is 10.9 Å². The number of hydrogen-bond acceptors (Lipinski definition) is 4. The molecule has 1 fully saturated rings. The summed E-state index contributed by atoms with van der Waals surface area (Å²) in [5.74, 6) is 0.153. The first-order valence-corrected chi connectivity index (χ1v) is 11.7. The Kier molecular flexibility index (Phi) is 6.16. The Bertz CT molecular complexity index is 1040. The van der Waals surface area contributed by atoms with Crippen molar-refractivity contribution in [3.05, 3.63) is 58.4 Å². The molecule has 0 bridgehead atoms. The van der Waals surface area contributed by atoms with Gasteiger partial charge in [0.25, 0.3) is 0 Å². The number of piperidine rings is 1. The maximum Gasteiger partial charge on any atom is 0.245 e. The average molecular weight is 439 g/mol. The molecule has 7 heteroatoms. The third-order valence-corrected chi connectivity index (χ3v) is 7.07. The Morgan fingerprint density at radius 1 is 1.23 bits per heavy atom. The number of thiophene rings is 1. The number of nitrogens with one attached hydrogen (secondary N) is 2. The van der Waals surface area contributed by atoms with E-state index in [1.54, 1.807) is 25.2 Å². The Morgan fingerprint density at radius 3 is 2.65 bits per heavy atom. The number of rotatable bonds is 6. The average Bonchev–Trinajstić information content (AvgIpc) is 3.43. The standard InChI is InChI=1S/C24H30N4O2S/c1-24(2,25)23(30)27-20(14-17-15-26-19-7-4-3-6-18(17)19)22(29)28-11-9-16(10-12-28)21-8-5-13-31-21/h3-8,13,15-16,20,26H,9-12,14,25H2,1-2H3,(H,27,30)/t20-/m1/s1. The predicted octanol–water partition coefficient (Wildman–Crippen LogP) is 3.40. The lowest BCUT2D eigenvalue weighted by Crippen LogP contribution is -2.57. The van der Waals surface area contributed by atoms with Gasteiger partial charge in [0.1, 0.15) is 6.04 Å². The minimum atomic E-state index is -1.05. The number of fused-ring (bicyclic) bond motifs is 1. The number of para-hydroxylation sites is 1. The number of aromatic nitrogens is 1. The Labute approximate surface area is 186 Å². The van der Waals surface area contributed by atoms with E-state index in [0.29, 0.717) is 25.4 Å².